The van der Waals surface area contributed by atoms with Crippen LogP contribution in [0.2, 0.25) is 0 Å². The summed E-state index contributed by atoms with van der Waals surface area (Å²) < 4.78 is 5.76. The summed E-state index contributed by atoms with van der Waals surface area (Å²) in [5, 5.41) is 9.15. The highest BCUT2D eigenvalue weighted by Gasteiger charge is 2.48. The molecule has 0 saturated heterocycles. The monoisotopic (exact) mass is 448 g/mol. The van der Waals surface area contributed by atoms with Crippen LogP contribution in [0.5, 0.6) is 0 Å². The lowest BCUT2D eigenvalue weighted by Crippen LogP contribution is -2.51. The second kappa shape index (κ2) is 10.1. The molecular weight excluding hydrogens is 416 g/mol. The molecule has 1 heterocycles. The first kappa shape index (κ1) is 22.9. The van der Waals surface area contributed by atoms with Crippen LogP contribution in [0.25, 0.3) is 0 Å². The van der Waals surface area contributed by atoms with Gasteiger partial charge in [-0.3, -0.25) is 9.69 Å². The quantitative estimate of drug-likeness (QED) is 0.556. The number of nitrogens with zero attached hydrogens (tertiary/aromatic N) is 2. The summed E-state index contributed by atoms with van der Waals surface area (Å²) in [6, 6.07) is 17.9. The summed E-state index contributed by atoms with van der Waals surface area (Å²) in [7, 11) is 0. The van der Waals surface area contributed by atoms with E-state index in [2.05, 4.69) is 24.5 Å². The first-order valence-corrected chi connectivity index (χ1v) is 11.8. The number of aliphatic carboxylic acids is 1. The van der Waals surface area contributed by atoms with Gasteiger partial charge in [-0.15, -0.1) is 0 Å². The van der Waals surface area contributed by atoms with Gasteiger partial charge < -0.3 is 14.7 Å². The average molecular weight is 449 g/mol. The highest BCUT2D eigenvalue weighted by Crippen LogP contribution is 2.51. The fourth-order valence-corrected chi connectivity index (χ4v) is 5.46. The van der Waals surface area contributed by atoms with Gasteiger partial charge in [0.2, 0.25) is 0 Å². The second-order valence-corrected chi connectivity index (χ2v) is 8.82. The molecule has 2 aromatic carbocycles. The highest BCUT2D eigenvalue weighted by atomic mass is 16.6. The molecule has 0 spiro atoms. The number of hydrogen-bond donors (Lipinski definition) is 1. The smallest absolute Gasteiger partial charge is 0.414 e. The van der Waals surface area contributed by atoms with Crippen LogP contribution in [0.1, 0.15) is 56.2 Å². The van der Waals surface area contributed by atoms with Crippen LogP contribution in [0.4, 0.5) is 10.5 Å². The molecule has 0 radical (unpaired) electrons. The molecule has 3 atom stereocenters. The zero-order valence-electron chi connectivity index (χ0n) is 19.2. The van der Waals surface area contributed by atoms with Gasteiger partial charge in [0.05, 0.1) is 18.2 Å². The number of carboxylic acids is 1. The lowest BCUT2D eigenvalue weighted by molar-refractivity contribution is -0.137. The van der Waals surface area contributed by atoms with Crippen molar-refractivity contribution in [2.45, 2.75) is 57.7 Å². The predicted octanol–water partition coefficient (Wildman–Crippen LogP) is 5.75. The van der Waals surface area contributed by atoms with E-state index in [4.69, 9.17) is 9.84 Å². The maximum atomic E-state index is 13.3. The Kier molecular flexibility index (Phi) is 7.02. The predicted molar refractivity (Wildman–Crippen MR) is 128 cm³/mol. The van der Waals surface area contributed by atoms with Gasteiger partial charge in [-0.05, 0) is 43.4 Å². The van der Waals surface area contributed by atoms with Crippen molar-refractivity contribution in [1.82, 2.24) is 4.90 Å². The second-order valence-electron chi connectivity index (χ2n) is 8.82. The number of rotatable bonds is 8. The van der Waals surface area contributed by atoms with Crippen LogP contribution in [0.3, 0.4) is 0 Å². The lowest BCUT2D eigenvalue weighted by atomic mass is 9.81. The Morgan fingerprint density at radius 2 is 1.82 bits per heavy atom. The molecule has 6 heteroatoms. The van der Waals surface area contributed by atoms with E-state index in [0.717, 1.165) is 48.3 Å². The van der Waals surface area contributed by atoms with Gasteiger partial charge in [-0.2, -0.15) is 0 Å². The molecule has 2 aliphatic rings. The number of amides is 1. The molecule has 1 saturated carbocycles. The number of hydrogen-bond acceptors (Lipinski definition) is 4. The molecule has 33 heavy (non-hydrogen) atoms. The third-order valence-corrected chi connectivity index (χ3v) is 6.90. The van der Waals surface area contributed by atoms with Gasteiger partial charge in [0.15, 0.2) is 0 Å². The van der Waals surface area contributed by atoms with Crippen molar-refractivity contribution in [2.75, 3.05) is 11.4 Å². The van der Waals surface area contributed by atoms with Crippen LogP contribution in [0.15, 0.2) is 66.9 Å². The molecule has 174 valence electrons. The molecule has 2 aromatic rings. The maximum Gasteiger partial charge on any atom is 0.414 e. The molecular formula is C27H32N2O4. The third-order valence-electron chi connectivity index (χ3n) is 6.90. The molecule has 0 aromatic heterocycles. The Morgan fingerprint density at radius 3 is 2.55 bits per heavy atom. The fraction of sp³-hybridized carbons (Fsp3) is 0.407. The lowest BCUT2D eigenvalue weighted by Gasteiger charge is -2.48. The summed E-state index contributed by atoms with van der Waals surface area (Å²) in [6.45, 7) is 7.29. The zero-order valence-corrected chi connectivity index (χ0v) is 19.2. The summed E-state index contributed by atoms with van der Waals surface area (Å²) in [5.41, 5.74) is 3.76. The van der Waals surface area contributed by atoms with Crippen LogP contribution >= 0.6 is 0 Å². The number of carboxylic acid groups (broad SMARTS) is 1. The number of fused-ring (bicyclic) bond motifs is 2. The van der Waals surface area contributed by atoms with E-state index < -0.39 is 5.97 Å². The van der Waals surface area contributed by atoms with Crippen molar-refractivity contribution < 1.29 is 19.4 Å². The number of anilines is 1. The van der Waals surface area contributed by atoms with E-state index in [-0.39, 0.29) is 37.1 Å². The number of carbonyl (C=O) groups is 2. The molecule has 1 aliphatic carbocycles. The van der Waals surface area contributed by atoms with Crippen LogP contribution in [-0.2, 0) is 16.1 Å². The highest BCUT2D eigenvalue weighted by molar-refractivity contribution is 5.90. The Hall–Kier alpha value is -3.28. The minimum absolute atomic E-state index is 0.0505. The van der Waals surface area contributed by atoms with Crippen LogP contribution in [0, 0.1) is 5.92 Å². The topological polar surface area (TPSA) is 70.1 Å². The van der Waals surface area contributed by atoms with Crippen molar-refractivity contribution >= 4 is 17.7 Å². The zero-order chi connectivity index (χ0) is 23.4. The van der Waals surface area contributed by atoms with Gasteiger partial charge in [0.1, 0.15) is 6.61 Å². The Bertz CT molecular complexity index is 1010. The Morgan fingerprint density at radius 1 is 1.09 bits per heavy atom. The van der Waals surface area contributed by atoms with Gasteiger partial charge in [-0.25, -0.2) is 4.79 Å². The number of para-hydroxylation sites is 1. The standard InChI is InChI=1S/C27H32N2O4/c1-3-28(19(2)16-17-25(30)31)26-21-12-7-8-14-23(21)29(24-15-9-13-22(24)26)27(32)33-18-20-10-5-4-6-11-20/h4-8,10-12,14,22,24,26H,2-3,9,13,15-18H2,1H3,(H,30,31). The maximum absolute atomic E-state index is 13.3. The molecule has 4 rings (SSSR count). The summed E-state index contributed by atoms with van der Waals surface area (Å²) in [5.74, 6) is -0.576. The SMILES string of the molecule is C=C(CCC(=O)O)N(CC)C1c2ccccc2N(C(=O)OCc2ccccc2)C2CCCC12. The Balaban J connectivity index is 1.63. The third kappa shape index (κ3) is 4.75. The van der Waals surface area contributed by atoms with Crippen molar-refractivity contribution in [3.63, 3.8) is 0 Å². The van der Waals surface area contributed by atoms with Gasteiger partial charge in [-0.1, -0.05) is 61.5 Å². The molecule has 1 aliphatic heterocycles. The van der Waals surface area contributed by atoms with Crippen molar-refractivity contribution in [3.05, 3.63) is 78.0 Å². The molecule has 3 unspecified atom stereocenters. The normalized spacial score (nSPS) is 21.1. The van der Waals surface area contributed by atoms with E-state index in [1.807, 2.05) is 53.4 Å². The van der Waals surface area contributed by atoms with E-state index >= 15 is 0 Å². The summed E-state index contributed by atoms with van der Waals surface area (Å²) in [6.07, 6.45) is 3.15. The van der Waals surface area contributed by atoms with E-state index in [9.17, 15) is 9.59 Å². The van der Waals surface area contributed by atoms with Crippen molar-refractivity contribution in [2.24, 2.45) is 5.92 Å². The molecule has 0 bridgehead atoms. The van der Waals surface area contributed by atoms with Crippen molar-refractivity contribution in [1.29, 1.82) is 0 Å². The van der Waals surface area contributed by atoms with Gasteiger partial charge in [0.25, 0.3) is 0 Å². The first-order chi connectivity index (χ1) is 16.0. The molecule has 1 amide bonds. The van der Waals surface area contributed by atoms with E-state index in [0.29, 0.717) is 6.42 Å². The number of carbonyl (C=O) groups excluding carboxylic acids is 1. The van der Waals surface area contributed by atoms with Crippen molar-refractivity contribution in [3.8, 4) is 0 Å². The Labute approximate surface area is 195 Å². The van der Waals surface area contributed by atoms with E-state index in [1.165, 1.54) is 0 Å². The minimum Gasteiger partial charge on any atom is -0.481 e. The van der Waals surface area contributed by atoms with Crippen LogP contribution < -0.4 is 4.90 Å². The number of allylic oxidation sites excluding steroid dienone is 1. The molecule has 6 nitrogen and oxygen atoms in total. The minimum atomic E-state index is -0.817. The number of ether oxygens (including phenoxy) is 1. The first-order valence-electron chi connectivity index (χ1n) is 11.8. The van der Waals surface area contributed by atoms with Gasteiger partial charge in [0, 0.05) is 24.2 Å². The average Bonchev–Trinajstić information content (AvgIpc) is 3.31. The van der Waals surface area contributed by atoms with Crippen LogP contribution in [-0.4, -0.2) is 34.7 Å². The molecule has 1 N–H and O–H groups in total. The van der Waals surface area contributed by atoms with Gasteiger partial charge >= 0.3 is 12.1 Å². The molecule has 1 fully saturated rings. The summed E-state index contributed by atoms with van der Waals surface area (Å²) >= 11 is 0. The number of benzene rings is 2. The van der Waals surface area contributed by atoms with E-state index in [1.54, 1.807) is 0 Å². The fourth-order valence-electron chi connectivity index (χ4n) is 5.46. The summed E-state index contributed by atoms with van der Waals surface area (Å²) in [4.78, 5) is 28.6. The largest absolute Gasteiger partial charge is 0.481 e.